The Morgan fingerprint density at radius 1 is 0.970 bits per heavy atom. The van der Waals surface area contributed by atoms with E-state index in [1.54, 1.807) is 7.11 Å². The van der Waals surface area contributed by atoms with Crippen LogP contribution < -0.4 is 10.1 Å². The van der Waals surface area contributed by atoms with E-state index >= 15 is 0 Å². The van der Waals surface area contributed by atoms with Gasteiger partial charge in [0, 0.05) is 30.6 Å². The predicted octanol–water partition coefficient (Wildman–Crippen LogP) is 3.68. The molecule has 2 heterocycles. The molecule has 0 spiro atoms. The second-order valence-electron chi connectivity index (χ2n) is 8.74. The summed E-state index contributed by atoms with van der Waals surface area (Å²) in [5.74, 6) is 0.807. The van der Waals surface area contributed by atoms with Crippen LogP contribution >= 0.6 is 0 Å². The fourth-order valence-corrected chi connectivity index (χ4v) is 4.27. The number of ether oxygens (including phenoxy) is 1. The maximum Gasteiger partial charge on any atom is 0.274 e. The molecular weight excluding hydrogens is 416 g/mol. The van der Waals surface area contributed by atoms with Gasteiger partial charge in [-0.3, -0.25) is 9.59 Å². The van der Waals surface area contributed by atoms with Gasteiger partial charge in [0.1, 0.15) is 5.75 Å². The molecule has 33 heavy (non-hydrogen) atoms. The van der Waals surface area contributed by atoms with Crippen molar-refractivity contribution >= 4 is 11.8 Å². The molecule has 1 saturated carbocycles. The molecule has 2 aromatic carbocycles. The van der Waals surface area contributed by atoms with Crippen LogP contribution in [0, 0.1) is 5.92 Å². The number of nitrogens with one attached hydrogen (secondary N) is 1. The molecule has 3 aromatic rings. The summed E-state index contributed by atoms with van der Waals surface area (Å²) in [6.07, 6.45) is 3.55. The minimum Gasteiger partial charge on any atom is -0.497 e. The summed E-state index contributed by atoms with van der Waals surface area (Å²) in [7, 11) is 1.64. The fraction of sp³-hybridized carbons (Fsp3) is 0.346. The quantitative estimate of drug-likeness (QED) is 0.629. The number of nitrogens with zero attached hydrogens (tertiary/aromatic N) is 3. The van der Waals surface area contributed by atoms with Crippen molar-refractivity contribution in [1.82, 2.24) is 20.0 Å². The van der Waals surface area contributed by atoms with Crippen molar-refractivity contribution in [2.75, 3.05) is 20.2 Å². The minimum absolute atomic E-state index is 0.00798. The Labute approximate surface area is 193 Å². The van der Waals surface area contributed by atoms with E-state index in [1.165, 1.54) is 0 Å². The monoisotopic (exact) mass is 444 g/mol. The molecule has 1 aliphatic heterocycles. The molecule has 1 aromatic heterocycles. The van der Waals surface area contributed by atoms with Crippen molar-refractivity contribution in [2.45, 2.75) is 31.7 Å². The van der Waals surface area contributed by atoms with Crippen molar-refractivity contribution in [2.24, 2.45) is 5.92 Å². The van der Waals surface area contributed by atoms with Gasteiger partial charge >= 0.3 is 0 Å². The molecule has 7 heteroatoms. The largest absolute Gasteiger partial charge is 0.497 e. The van der Waals surface area contributed by atoms with Crippen LogP contribution in [0.3, 0.4) is 0 Å². The van der Waals surface area contributed by atoms with E-state index in [4.69, 9.17) is 9.84 Å². The summed E-state index contributed by atoms with van der Waals surface area (Å²) in [6.45, 7) is 1.13. The lowest BCUT2D eigenvalue weighted by Crippen LogP contribution is -2.43. The van der Waals surface area contributed by atoms with Gasteiger partial charge in [0.2, 0.25) is 5.91 Å². The number of hydrogen-bond acceptors (Lipinski definition) is 4. The van der Waals surface area contributed by atoms with Crippen molar-refractivity contribution in [3.05, 3.63) is 66.4 Å². The van der Waals surface area contributed by atoms with Crippen molar-refractivity contribution in [1.29, 1.82) is 0 Å². The number of piperidine rings is 1. The standard InChI is InChI=1S/C26H28N4O3/c1-33-22-11-7-18(8-12-22)24-17-23(28-30(24)21-5-3-2-4-6-21)26(32)29-15-13-19(14-16-29)25(31)27-20-9-10-20/h2-8,11-12,17,19-20H,9-10,13-16H2,1H3,(H,27,31). The van der Waals surface area contributed by atoms with Gasteiger partial charge in [-0.1, -0.05) is 18.2 Å². The van der Waals surface area contributed by atoms with Crippen LogP contribution in [-0.4, -0.2) is 52.7 Å². The van der Waals surface area contributed by atoms with E-state index in [2.05, 4.69) is 5.32 Å². The van der Waals surface area contributed by atoms with Crippen molar-refractivity contribution in [3.8, 4) is 22.7 Å². The highest BCUT2D eigenvalue weighted by molar-refractivity contribution is 5.94. The molecule has 1 N–H and O–H groups in total. The van der Waals surface area contributed by atoms with Crippen LogP contribution in [0.25, 0.3) is 16.9 Å². The highest BCUT2D eigenvalue weighted by Gasteiger charge is 2.32. The third-order valence-electron chi connectivity index (χ3n) is 6.39. The summed E-state index contributed by atoms with van der Waals surface area (Å²) in [5, 5.41) is 7.78. The van der Waals surface area contributed by atoms with Gasteiger partial charge in [-0.15, -0.1) is 0 Å². The fourth-order valence-electron chi connectivity index (χ4n) is 4.27. The van der Waals surface area contributed by atoms with E-state index < -0.39 is 0 Å². The molecule has 0 bridgehead atoms. The summed E-state index contributed by atoms with van der Waals surface area (Å²) < 4.78 is 7.09. The lowest BCUT2D eigenvalue weighted by atomic mass is 9.95. The van der Waals surface area contributed by atoms with Crippen molar-refractivity contribution in [3.63, 3.8) is 0 Å². The number of rotatable bonds is 6. The zero-order valence-electron chi connectivity index (χ0n) is 18.7. The molecule has 0 unspecified atom stereocenters. The average molecular weight is 445 g/mol. The minimum atomic E-state index is -0.0968. The molecular formula is C26H28N4O3. The zero-order valence-corrected chi connectivity index (χ0v) is 18.7. The Morgan fingerprint density at radius 2 is 1.67 bits per heavy atom. The zero-order chi connectivity index (χ0) is 22.8. The second-order valence-corrected chi connectivity index (χ2v) is 8.74. The number of benzene rings is 2. The number of methoxy groups -OCH3 is 1. The molecule has 5 rings (SSSR count). The molecule has 0 atom stereocenters. The predicted molar refractivity (Wildman–Crippen MR) is 125 cm³/mol. The highest BCUT2D eigenvalue weighted by Crippen LogP contribution is 2.28. The van der Waals surface area contributed by atoms with Crippen LogP contribution in [0.2, 0.25) is 0 Å². The lowest BCUT2D eigenvalue weighted by molar-refractivity contribution is -0.126. The van der Waals surface area contributed by atoms with E-state index in [-0.39, 0.29) is 17.7 Å². The first-order valence-corrected chi connectivity index (χ1v) is 11.5. The first kappa shape index (κ1) is 21.2. The first-order chi connectivity index (χ1) is 16.1. The maximum absolute atomic E-state index is 13.3. The molecule has 1 saturated heterocycles. The van der Waals surface area contributed by atoms with Crippen LogP contribution in [0.5, 0.6) is 5.75 Å². The van der Waals surface area contributed by atoms with Crippen LogP contribution in [0.1, 0.15) is 36.2 Å². The molecule has 7 nitrogen and oxygen atoms in total. The van der Waals surface area contributed by atoms with Gasteiger partial charge in [0.05, 0.1) is 18.5 Å². The van der Waals surface area contributed by atoms with E-state index in [0.717, 1.165) is 35.5 Å². The Morgan fingerprint density at radius 3 is 2.30 bits per heavy atom. The lowest BCUT2D eigenvalue weighted by Gasteiger charge is -2.30. The molecule has 1 aliphatic carbocycles. The smallest absolute Gasteiger partial charge is 0.274 e. The summed E-state index contributed by atoms with van der Waals surface area (Å²) in [4.78, 5) is 27.5. The van der Waals surface area contributed by atoms with Crippen LogP contribution in [0.15, 0.2) is 60.7 Å². The molecule has 2 aliphatic rings. The first-order valence-electron chi connectivity index (χ1n) is 11.5. The van der Waals surface area contributed by atoms with Gasteiger partial charge < -0.3 is 15.0 Å². The molecule has 2 amide bonds. The Bertz CT molecular complexity index is 1130. The SMILES string of the molecule is COc1ccc(-c2cc(C(=O)N3CCC(C(=O)NC4CC4)CC3)nn2-c2ccccc2)cc1. The van der Waals surface area contributed by atoms with Gasteiger partial charge in [0.15, 0.2) is 5.69 Å². The van der Waals surface area contributed by atoms with E-state index in [1.807, 2.05) is 70.2 Å². The van der Waals surface area contributed by atoms with Crippen LogP contribution in [-0.2, 0) is 4.79 Å². The number of likely N-dealkylation sites (tertiary alicyclic amines) is 1. The number of hydrogen-bond donors (Lipinski definition) is 1. The normalized spacial score (nSPS) is 16.5. The van der Waals surface area contributed by atoms with Crippen LogP contribution in [0.4, 0.5) is 0 Å². The van der Waals surface area contributed by atoms with Gasteiger partial charge in [-0.2, -0.15) is 5.10 Å². The number of amides is 2. The number of para-hydroxylation sites is 1. The van der Waals surface area contributed by atoms with Gasteiger partial charge in [-0.25, -0.2) is 4.68 Å². The molecule has 0 radical (unpaired) electrons. The summed E-state index contributed by atoms with van der Waals surface area (Å²) in [5.41, 5.74) is 3.08. The Kier molecular flexibility index (Phi) is 5.86. The Balaban J connectivity index is 1.37. The third-order valence-corrected chi connectivity index (χ3v) is 6.39. The average Bonchev–Trinajstić information content (AvgIpc) is 3.58. The molecule has 2 fully saturated rings. The van der Waals surface area contributed by atoms with Crippen molar-refractivity contribution < 1.29 is 14.3 Å². The maximum atomic E-state index is 13.3. The second kappa shape index (κ2) is 9.10. The number of carbonyl (C=O) groups excluding carboxylic acids is 2. The molecule has 170 valence electrons. The number of carbonyl (C=O) groups is 2. The van der Waals surface area contributed by atoms with E-state index in [9.17, 15) is 9.59 Å². The summed E-state index contributed by atoms with van der Waals surface area (Å²) in [6, 6.07) is 19.8. The topological polar surface area (TPSA) is 76.5 Å². The Hall–Kier alpha value is -3.61. The van der Waals surface area contributed by atoms with Gasteiger partial charge in [-0.05, 0) is 68.1 Å². The summed E-state index contributed by atoms with van der Waals surface area (Å²) >= 11 is 0. The highest BCUT2D eigenvalue weighted by atomic mass is 16.5. The number of aromatic nitrogens is 2. The third kappa shape index (κ3) is 4.62. The van der Waals surface area contributed by atoms with E-state index in [0.29, 0.717) is 37.7 Å². The van der Waals surface area contributed by atoms with Gasteiger partial charge in [0.25, 0.3) is 5.91 Å².